The molecule has 0 aromatic carbocycles. The SMILES string of the molecule is CCC(C)n1c(C(C)C)cnc1SCC(=O)O. The number of carbonyl (C=O) groups is 1. The Hall–Kier alpha value is -0.970. The van der Waals surface area contributed by atoms with Gasteiger partial charge >= 0.3 is 5.97 Å². The van der Waals surface area contributed by atoms with Crippen molar-refractivity contribution in [1.29, 1.82) is 0 Å². The van der Waals surface area contributed by atoms with Crippen molar-refractivity contribution < 1.29 is 9.90 Å². The maximum atomic E-state index is 10.6. The minimum Gasteiger partial charge on any atom is -0.481 e. The van der Waals surface area contributed by atoms with Crippen molar-refractivity contribution in [1.82, 2.24) is 9.55 Å². The van der Waals surface area contributed by atoms with Crippen LogP contribution in [0.25, 0.3) is 0 Å². The van der Waals surface area contributed by atoms with Crippen LogP contribution in [-0.2, 0) is 4.79 Å². The fraction of sp³-hybridized carbons (Fsp3) is 0.667. The molecule has 0 aliphatic carbocycles. The Labute approximate surface area is 106 Å². The number of rotatable bonds is 6. The highest BCUT2D eigenvalue weighted by Gasteiger charge is 2.17. The van der Waals surface area contributed by atoms with E-state index in [1.54, 1.807) is 0 Å². The molecule has 0 bridgehead atoms. The maximum absolute atomic E-state index is 10.6. The van der Waals surface area contributed by atoms with Crippen molar-refractivity contribution in [2.24, 2.45) is 0 Å². The minimum atomic E-state index is -0.806. The predicted molar refractivity (Wildman–Crippen MR) is 69.7 cm³/mol. The van der Waals surface area contributed by atoms with E-state index in [2.05, 4.69) is 37.2 Å². The zero-order chi connectivity index (χ0) is 13.0. The summed E-state index contributed by atoms with van der Waals surface area (Å²) >= 11 is 1.29. The van der Waals surface area contributed by atoms with Gasteiger partial charge in [-0.05, 0) is 19.3 Å². The van der Waals surface area contributed by atoms with Crippen LogP contribution in [0.1, 0.15) is 51.8 Å². The summed E-state index contributed by atoms with van der Waals surface area (Å²) < 4.78 is 2.16. The van der Waals surface area contributed by atoms with Crippen LogP contribution in [0.4, 0.5) is 0 Å². The zero-order valence-electron chi connectivity index (χ0n) is 10.8. The molecule has 0 amide bonds. The second-order valence-electron chi connectivity index (χ2n) is 4.43. The predicted octanol–water partition coefficient (Wildman–Crippen LogP) is 3.15. The van der Waals surface area contributed by atoms with Crippen molar-refractivity contribution in [3.05, 3.63) is 11.9 Å². The second-order valence-corrected chi connectivity index (χ2v) is 5.37. The van der Waals surface area contributed by atoms with Crippen molar-refractivity contribution >= 4 is 17.7 Å². The van der Waals surface area contributed by atoms with Gasteiger partial charge in [0.1, 0.15) is 0 Å². The first kappa shape index (κ1) is 14.1. The molecule has 96 valence electrons. The van der Waals surface area contributed by atoms with Crippen LogP contribution in [-0.4, -0.2) is 26.4 Å². The number of carboxylic acid groups (broad SMARTS) is 1. The molecule has 1 unspecified atom stereocenters. The average Bonchev–Trinajstić information content (AvgIpc) is 2.68. The molecular weight excluding hydrogens is 236 g/mol. The summed E-state index contributed by atoms with van der Waals surface area (Å²) in [6.45, 7) is 8.52. The maximum Gasteiger partial charge on any atom is 0.313 e. The zero-order valence-corrected chi connectivity index (χ0v) is 11.6. The molecule has 1 aromatic rings. The summed E-state index contributed by atoms with van der Waals surface area (Å²) in [5, 5.41) is 9.53. The van der Waals surface area contributed by atoms with E-state index in [4.69, 9.17) is 5.11 Å². The van der Waals surface area contributed by atoms with E-state index in [1.807, 2.05) is 6.20 Å². The van der Waals surface area contributed by atoms with Crippen LogP contribution in [0.5, 0.6) is 0 Å². The lowest BCUT2D eigenvalue weighted by molar-refractivity contribution is -0.133. The van der Waals surface area contributed by atoms with E-state index >= 15 is 0 Å². The summed E-state index contributed by atoms with van der Waals surface area (Å²) in [4.78, 5) is 14.9. The molecule has 5 heteroatoms. The third-order valence-corrected chi connectivity index (χ3v) is 3.69. The molecule has 1 aromatic heterocycles. The van der Waals surface area contributed by atoms with Crippen LogP contribution in [0.15, 0.2) is 11.4 Å². The molecule has 1 rings (SSSR count). The first-order valence-electron chi connectivity index (χ1n) is 5.89. The molecular formula is C12H20N2O2S. The third-order valence-electron chi connectivity index (χ3n) is 2.74. The van der Waals surface area contributed by atoms with E-state index < -0.39 is 5.97 Å². The highest BCUT2D eigenvalue weighted by molar-refractivity contribution is 7.99. The molecule has 0 saturated carbocycles. The van der Waals surface area contributed by atoms with Crippen LogP contribution >= 0.6 is 11.8 Å². The van der Waals surface area contributed by atoms with E-state index in [1.165, 1.54) is 17.5 Å². The van der Waals surface area contributed by atoms with Gasteiger partial charge in [0, 0.05) is 17.9 Å². The number of carboxylic acids is 1. The first-order chi connectivity index (χ1) is 7.97. The Morgan fingerprint density at radius 1 is 1.53 bits per heavy atom. The van der Waals surface area contributed by atoms with Gasteiger partial charge < -0.3 is 9.67 Å². The van der Waals surface area contributed by atoms with Gasteiger partial charge in [0.2, 0.25) is 0 Å². The fourth-order valence-electron chi connectivity index (χ4n) is 1.64. The normalized spacial score (nSPS) is 13.0. The molecule has 17 heavy (non-hydrogen) atoms. The van der Waals surface area contributed by atoms with Gasteiger partial charge in [-0.2, -0.15) is 0 Å². The molecule has 0 saturated heterocycles. The molecule has 0 aliphatic heterocycles. The number of hydrogen-bond donors (Lipinski definition) is 1. The van der Waals surface area contributed by atoms with Gasteiger partial charge in [-0.3, -0.25) is 4.79 Å². The second kappa shape index (κ2) is 6.10. The van der Waals surface area contributed by atoms with Gasteiger partial charge in [0.05, 0.1) is 5.75 Å². The Morgan fingerprint density at radius 2 is 2.18 bits per heavy atom. The van der Waals surface area contributed by atoms with E-state index in [-0.39, 0.29) is 5.75 Å². The van der Waals surface area contributed by atoms with E-state index in [0.717, 1.165) is 11.6 Å². The smallest absolute Gasteiger partial charge is 0.313 e. The molecule has 0 radical (unpaired) electrons. The highest BCUT2D eigenvalue weighted by atomic mass is 32.2. The fourth-order valence-corrected chi connectivity index (χ4v) is 2.45. The van der Waals surface area contributed by atoms with Gasteiger partial charge in [-0.25, -0.2) is 4.98 Å². The molecule has 1 heterocycles. The van der Waals surface area contributed by atoms with Gasteiger partial charge in [-0.15, -0.1) is 0 Å². The van der Waals surface area contributed by atoms with Crippen molar-refractivity contribution in [3.8, 4) is 0 Å². The van der Waals surface area contributed by atoms with Gasteiger partial charge in [0.25, 0.3) is 0 Å². The number of aliphatic carboxylic acids is 1. The van der Waals surface area contributed by atoms with Crippen LogP contribution in [0, 0.1) is 0 Å². The molecule has 4 nitrogen and oxygen atoms in total. The minimum absolute atomic E-state index is 0.0605. The van der Waals surface area contributed by atoms with E-state index in [9.17, 15) is 4.79 Å². The largest absolute Gasteiger partial charge is 0.481 e. The lowest BCUT2D eigenvalue weighted by Crippen LogP contribution is -2.11. The Morgan fingerprint density at radius 3 is 2.65 bits per heavy atom. The lowest BCUT2D eigenvalue weighted by atomic mass is 10.1. The van der Waals surface area contributed by atoms with Crippen LogP contribution in [0.2, 0.25) is 0 Å². The molecule has 0 aliphatic rings. The number of nitrogens with zero attached hydrogens (tertiary/aromatic N) is 2. The quantitative estimate of drug-likeness (QED) is 0.794. The summed E-state index contributed by atoms with van der Waals surface area (Å²) in [7, 11) is 0. The number of aromatic nitrogens is 2. The monoisotopic (exact) mass is 256 g/mol. The summed E-state index contributed by atoms with van der Waals surface area (Å²) in [5.74, 6) is -0.346. The van der Waals surface area contributed by atoms with Crippen molar-refractivity contribution in [2.45, 2.75) is 51.2 Å². The topological polar surface area (TPSA) is 55.1 Å². The van der Waals surface area contributed by atoms with E-state index in [0.29, 0.717) is 12.0 Å². The molecule has 0 spiro atoms. The average molecular weight is 256 g/mol. The standard InChI is InChI=1S/C12H20N2O2S/c1-5-9(4)14-10(8(2)3)6-13-12(14)17-7-11(15)16/h6,8-9H,5,7H2,1-4H3,(H,15,16). The van der Waals surface area contributed by atoms with Crippen molar-refractivity contribution in [3.63, 3.8) is 0 Å². The van der Waals surface area contributed by atoms with Crippen LogP contribution in [0.3, 0.4) is 0 Å². The Bertz CT molecular complexity index is 388. The molecule has 1 N–H and O–H groups in total. The number of imidazole rings is 1. The first-order valence-corrected chi connectivity index (χ1v) is 6.87. The molecule has 0 fully saturated rings. The number of thioether (sulfide) groups is 1. The number of hydrogen-bond acceptors (Lipinski definition) is 3. The lowest BCUT2D eigenvalue weighted by Gasteiger charge is -2.19. The summed E-state index contributed by atoms with van der Waals surface area (Å²) in [6, 6.07) is 0.353. The van der Waals surface area contributed by atoms with Crippen LogP contribution < -0.4 is 0 Å². The van der Waals surface area contributed by atoms with Gasteiger partial charge in [0.15, 0.2) is 5.16 Å². The highest BCUT2D eigenvalue weighted by Crippen LogP contribution is 2.28. The Kier molecular flexibility index (Phi) is 5.05. The summed E-state index contributed by atoms with van der Waals surface area (Å²) in [6.07, 6.45) is 2.87. The molecule has 1 atom stereocenters. The summed E-state index contributed by atoms with van der Waals surface area (Å²) in [5.41, 5.74) is 1.17. The third kappa shape index (κ3) is 3.49. The van der Waals surface area contributed by atoms with Crippen molar-refractivity contribution in [2.75, 3.05) is 5.75 Å². The Balaban J connectivity index is 3.00. The van der Waals surface area contributed by atoms with Gasteiger partial charge in [-0.1, -0.05) is 32.5 Å².